The third-order valence-corrected chi connectivity index (χ3v) is 3.19. The van der Waals surface area contributed by atoms with Crippen molar-refractivity contribution in [2.24, 2.45) is 7.05 Å². The fourth-order valence-corrected chi connectivity index (χ4v) is 2.13. The Morgan fingerprint density at radius 1 is 1.10 bits per heavy atom. The van der Waals surface area contributed by atoms with Crippen molar-refractivity contribution in [1.82, 2.24) is 14.4 Å². The van der Waals surface area contributed by atoms with Crippen molar-refractivity contribution >= 4 is 12.1 Å². The van der Waals surface area contributed by atoms with Gasteiger partial charge in [0.25, 0.3) is 6.33 Å². The number of hydrogen-bond acceptors (Lipinski definition) is 3. The van der Waals surface area contributed by atoms with Crippen LogP contribution < -0.4 is 4.57 Å². The topological polar surface area (TPSA) is 58.7 Å². The molecule has 2 amide bonds. The Labute approximate surface area is 124 Å². The summed E-state index contributed by atoms with van der Waals surface area (Å²) >= 11 is 0. The summed E-state index contributed by atoms with van der Waals surface area (Å²) < 4.78 is 8.69. The largest absolute Gasteiger partial charge is 0.444 e. The van der Waals surface area contributed by atoms with E-state index < -0.39 is 5.60 Å². The van der Waals surface area contributed by atoms with E-state index in [1.165, 1.54) is 0 Å². The number of aryl methyl sites for hydroxylation is 1. The molecule has 1 aliphatic rings. The second kappa shape index (κ2) is 5.75. The third-order valence-electron chi connectivity index (χ3n) is 3.19. The smallest absolute Gasteiger partial charge is 0.415 e. The first-order chi connectivity index (χ1) is 9.76. The van der Waals surface area contributed by atoms with Crippen LogP contribution in [0.2, 0.25) is 0 Å². The second-order valence-corrected chi connectivity index (χ2v) is 6.22. The van der Waals surface area contributed by atoms with Crippen LogP contribution in [-0.4, -0.2) is 58.3 Å². The molecule has 2 rings (SSSR count). The lowest BCUT2D eigenvalue weighted by Crippen LogP contribution is -2.52. The molecule has 1 aromatic rings. The van der Waals surface area contributed by atoms with Gasteiger partial charge in [-0.05, 0) is 20.8 Å². The number of carbonyl (C=O) groups is 2. The molecular formula is C14H23N4O3+. The molecule has 1 fully saturated rings. The Balaban J connectivity index is 1.88. The van der Waals surface area contributed by atoms with E-state index in [-0.39, 0.29) is 12.1 Å². The van der Waals surface area contributed by atoms with Crippen LogP contribution in [0.5, 0.6) is 0 Å². The second-order valence-electron chi connectivity index (χ2n) is 6.22. The maximum Gasteiger partial charge on any atom is 0.415 e. The number of rotatable bonds is 0. The number of amides is 2. The molecule has 1 saturated heterocycles. The lowest BCUT2D eigenvalue weighted by Gasteiger charge is -2.34. The lowest BCUT2D eigenvalue weighted by molar-refractivity contribution is -0.670. The number of nitrogens with zero attached hydrogens (tertiary/aromatic N) is 4. The van der Waals surface area contributed by atoms with Crippen LogP contribution in [0, 0.1) is 0 Å². The van der Waals surface area contributed by atoms with Crippen LogP contribution in [-0.2, 0) is 11.8 Å². The predicted molar refractivity (Wildman–Crippen MR) is 75.8 cm³/mol. The van der Waals surface area contributed by atoms with Gasteiger partial charge in [-0.15, -0.1) is 0 Å². The highest BCUT2D eigenvalue weighted by atomic mass is 16.6. The van der Waals surface area contributed by atoms with Gasteiger partial charge in [0.15, 0.2) is 0 Å². The molecule has 116 valence electrons. The first-order valence-corrected chi connectivity index (χ1v) is 7.07. The maximum absolute atomic E-state index is 12.3. The molecule has 0 spiro atoms. The minimum Gasteiger partial charge on any atom is -0.444 e. The molecule has 0 saturated carbocycles. The van der Waals surface area contributed by atoms with Crippen molar-refractivity contribution < 1.29 is 18.9 Å². The van der Waals surface area contributed by atoms with Gasteiger partial charge >= 0.3 is 12.1 Å². The van der Waals surface area contributed by atoms with Gasteiger partial charge in [0.1, 0.15) is 18.0 Å². The summed E-state index contributed by atoms with van der Waals surface area (Å²) in [6, 6.07) is -0.0700. The molecule has 0 N–H and O–H groups in total. The fourth-order valence-electron chi connectivity index (χ4n) is 2.13. The monoisotopic (exact) mass is 295 g/mol. The Hall–Kier alpha value is -2.05. The number of imidazole rings is 1. The van der Waals surface area contributed by atoms with Crippen molar-refractivity contribution in [3.8, 4) is 0 Å². The van der Waals surface area contributed by atoms with Crippen molar-refractivity contribution in [1.29, 1.82) is 0 Å². The number of carbonyl (C=O) groups excluding carboxylic acids is 2. The average molecular weight is 295 g/mol. The van der Waals surface area contributed by atoms with Gasteiger partial charge in [-0.25, -0.2) is 14.2 Å². The Morgan fingerprint density at radius 2 is 1.67 bits per heavy atom. The number of piperazine rings is 1. The molecule has 7 heteroatoms. The zero-order valence-electron chi connectivity index (χ0n) is 13.1. The Bertz CT molecular complexity index is 525. The molecule has 0 aliphatic carbocycles. The SMILES string of the molecule is C[n+]1ccn(C(=O)N2CCN(C(=O)OC(C)(C)C)CC2)c1. The normalized spacial score (nSPS) is 16.0. The molecule has 1 aliphatic heterocycles. The third kappa shape index (κ3) is 3.96. The van der Waals surface area contributed by atoms with Gasteiger partial charge in [-0.2, -0.15) is 4.57 Å². The van der Waals surface area contributed by atoms with Crippen LogP contribution >= 0.6 is 0 Å². The van der Waals surface area contributed by atoms with Gasteiger partial charge in [-0.3, -0.25) is 0 Å². The summed E-state index contributed by atoms with van der Waals surface area (Å²) in [5.41, 5.74) is -0.496. The van der Waals surface area contributed by atoms with Gasteiger partial charge in [0, 0.05) is 26.2 Å². The molecule has 0 aromatic carbocycles. The lowest BCUT2D eigenvalue weighted by atomic mass is 10.2. The van der Waals surface area contributed by atoms with Crippen LogP contribution in [0.1, 0.15) is 20.8 Å². The van der Waals surface area contributed by atoms with E-state index in [4.69, 9.17) is 4.74 Å². The zero-order valence-corrected chi connectivity index (χ0v) is 13.1. The average Bonchev–Trinajstić information content (AvgIpc) is 2.83. The van der Waals surface area contributed by atoms with Crippen molar-refractivity contribution in [2.45, 2.75) is 26.4 Å². The van der Waals surface area contributed by atoms with Crippen LogP contribution in [0.15, 0.2) is 18.7 Å². The highest BCUT2D eigenvalue weighted by molar-refractivity contribution is 5.77. The molecule has 2 heterocycles. The van der Waals surface area contributed by atoms with E-state index in [0.717, 1.165) is 0 Å². The molecule has 1 aromatic heterocycles. The van der Waals surface area contributed by atoms with Crippen molar-refractivity contribution in [3.05, 3.63) is 18.7 Å². The fraction of sp³-hybridized carbons (Fsp3) is 0.643. The molecule has 0 unspecified atom stereocenters. The van der Waals surface area contributed by atoms with E-state index in [1.807, 2.05) is 38.6 Å². The molecule has 0 atom stereocenters. The summed E-state index contributed by atoms with van der Waals surface area (Å²) in [6.07, 6.45) is 4.95. The number of hydrogen-bond donors (Lipinski definition) is 0. The summed E-state index contributed by atoms with van der Waals surface area (Å²) in [4.78, 5) is 27.6. The van der Waals surface area contributed by atoms with Crippen molar-refractivity contribution in [2.75, 3.05) is 26.2 Å². The first kappa shape index (κ1) is 15.3. The molecule has 7 nitrogen and oxygen atoms in total. The number of ether oxygens (including phenoxy) is 1. The predicted octanol–water partition coefficient (Wildman–Crippen LogP) is 0.833. The molecular weight excluding hydrogens is 272 g/mol. The standard InChI is InChI=1S/C14H23N4O3/c1-14(2,3)21-13(20)17-9-7-16(8-10-17)12(19)18-6-5-15(4)11-18/h5-6,11H,7-10H2,1-4H3/q+1. The maximum atomic E-state index is 12.3. The van der Waals surface area contributed by atoms with Crippen LogP contribution in [0.3, 0.4) is 0 Å². The molecule has 0 radical (unpaired) electrons. The summed E-state index contributed by atoms with van der Waals surface area (Å²) in [6.45, 7) is 7.55. The Morgan fingerprint density at radius 3 is 2.14 bits per heavy atom. The highest BCUT2D eigenvalue weighted by Crippen LogP contribution is 2.12. The minimum atomic E-state index is -0.496. The van der Waals surface area contributed by atoms with E-state index in [0.29, 0.717) is 26.2 Å². The van der Waals surface area contributed by atoms with Crippen molar-refractivity contribution in [3.63, 3.8) is 0 Å². The first-order valence-electron chi connectivity index (χ1n) is 7.07. The van der Waals surface area contributed by atoms with Gasteiger partial charge < -0.3 is 14.5 Å². The van der Waals surface area contributed by atoms with Crippen LogP contribution in [0.25, 0.3) is 0 Å². The van der Waals surface area contributed by atoms with Gasteiger partial charge in [0.2, 0.25) is 0 Å². The van der Waals surface area contributed by atoms with E-state index in [1.54, 1.807) is 26.9 Å². The highest BCUT2D eigenvalue weighted by Gasteiger charge is 2.29. The Kier molecular flexibility index (Phi) is 4.20. The van der Waals surface area contributed by atoms with E-state index >= 15 is 0 Å². The van der Waals surface area contributed by atoms with E-state index in [2.05, 4.69) is 0 Å². The number of aromatic nitrogens is 2. The quantitative estimate of drug-likeness (QED) is 0.666. The van der Waals surface area contributed by atoms with Crippen LogP contribution in [0.4, 0.5) is 9.59 Å². The summed E-state index contributed by atoms with van der Waals surface area (Å²) in [5.74, 6) is 0. The molecule has 21 heavy (non-hydrogen) atoms. The molecule has 0 bridgehead atoms. The summed E-state index contributed by atoms with van der Waals surface area (Å²) in [7, 11) is 1.87. The zero-order chi connectivity index (χ0) is 15.6. The van der Waals surface area contributed by atoms with E-state index in [9.17, 15) is 9.59 Å². The van der Waals surface area contributed by atoms with Gasteiger partial charge in [0.05, 0.1) is 7.05 Å². The minimum absolute atomic E-state index is 0.0700. The summed E-state index contributed by atoms with van der Waals surface area (Å²) in [5, 5.41) is 0. The van der Waals surface area contributed by atoms with Gasteiger partial charge in [-0.1, -0.05) is 0 Å².